The summed E-state index contributed by atoms with van der Waals surface area (Å²) in [5.74, 6) is 0.806. The Hall–Kier alpha value is -0.870. The fourth-order valence-corrected chi connectivity index (χ4v) is 3.21. The normalized spacial score (nSPS) is 24.7. The van der Waals surface area contributed by atoms with Crippen molar-refractivity contribution in [3.63, 3.8) is 0 Å². The Bertz CT molecular complexity index is 410. The van der Waals surface area contributed by atoms with Crippen molar-refractivity contribution in [2.75, 3.05) is 19.6 Å². The van der Waals surface area contributed by atoms with Crippen LogP contribution in [-0.4, -0.2) is 40.1 Å². The van der Waals surface area contributed by atoms with Gasteiger partial charge < -0.3 is 14.8 Å². The van der Waals surface area contributed by atoms with E-state index in [1.807, 2.05) is 0 Å². The van der Waals surface area contributed by atoms with Crippen molar-refractivity contribution in [2.24, 2.45) is 5.92 Å². The molecule has 3 heterocycles. The van der Waals surface area contributed by atoms with Gasteiger partial charge in [0.25, 0.3) is 0 Å². The van der Waals surface area contributed by atoms with E-state index in [1.165, 1.54) is 30.9 Å². The first-order valence-corrected chi connectivity index (χ1v) is 7.21. The van der Waals surface area contributed by atoms with Gasteiger partial charge in [0.05, 0.1) is 12.0 Å². The molecule has 1 N–H and O–H groups in total. The van der Waals surface area contributed by atoms with Crippen LogP contribution in [0.1, 0.15) is 31.7 Å². The molecule has 1 aromatic rings. The molecule has 0 spiro atoms. The summed E-state index contributed by atoms with van der Waals surface area (Å²) < 4.78 is 2.41. The maximum atomic E-state index is 4.54. The molecule has 0 radical (unpaired) electrons. The van der Waals surface area contributed by atoms with Crippen LogP contribution in [0.2, 0.25) is 0 Å². The Morgan fingerprint density at radius 1 is 1.50 bits per heavy atom. The van der Waals surface area contributed by atoms with Crippen LogP contribution in [0.15, 0.2) is 6.33 Å². The van der Waals surface area contributed by atoms with Crippen molar-refractivity contribution in [1.82, 2.24) is 19.8 Å². The number of fused-ring (bicyclic) bond motifs is 1. The number of likely N-dealkylation sites (tertiary alicyclic amines) is 1. The minimum atomic E-state index is 0.691. The molecule has 2 aliphatic rings. The maximum absolute atomic E-state index is 4.54. The molecule has 18 heavy (non-hydrogen) atoms. The number of aromatic nitrogens is 2. The lowest BCUT2D eigenvalue weighted by Gasteiger charge is -2.21. The summed E-state index contributed by atoms with van der Waals surface area (Å²) in [5.41, 5.74) is 2.73. The highest BCUT2D eigenvalue weighted by atomic mass is 15.2. The Balaban J connectivity index is 1.65. The number of nitrogens with zero attached hydrogens (tertiary/aromatic N) is 3. The number of imidazole rings is 1. The van der Waals surface area contributed by atoms with Crippen LogP contribution in [0.3, 0.4) is 0 Å². The third kappa shape index (κ3) is 2.31. The van der Waals surface area contributed by atoms with Gasteiger partial charge in [-0.1, -0.05) is 0 Å². The van der Waals surface area contributed by atoms with Gasteiger partial charge in [0.15, 0.2) is 0 Å². The average Bonchev–Trinajstić information content (AvgIpc) is 2.98. The number of nitrogens with one attached hydrogen (secondary N) is 1. The van der Waals surface area contributed by atoms with Gasteiger partial charge in [-0.25, -0.2) is 4.98 Å². The maximum Gasteiger partial charge on any atom is 0.0952 e. The van der Waals surface area contributed by atoms with Crippen molar-refractivity contribution in [1.29, 1.82) is 0 Å². The summed E-state index contributed by atoms with van der Waals surface area (Å²) in [7, 11) is 0. The zero-order valence-electron chi connectivity index (χ0n) is 11.5. The lowest BCUT2D eigenvalue weighted by molar-refractivity contribution is 0.260. The van der Waals surface area contributed by atoms with Crippen LogP contribution in [0, 0.1) is 5.92 Å². The molecule has 4 heteroatoms. The van der Waals surface area contributed by atoms with Crippen molar-refractivity contribution >= 4 is 0 Å². The molecule has 1 saturated heterocycles. The van der Waals surface area contributed by atoms with Gasteiger partial charge in [0.2, 0.25) is 0 Å². The summed E-state index contributed by atoms with van der Waals surface area (Å²) in [6.07, 6.45) is 4.52. The molecule has 0 saturated carbocycles. The Labute approximate surface area is 109 Å². The van der Waals surface area contributed by atoms with Crippen molar-refractivity contribution in [3.05, 3.63) is 17.7 Å². The quantitative estimate of drug-likeness (QED) is 0.874. The van der Waals surface area contributed by atoms with E-state index in [2.05, 4.69) is 39.9 Å². The van der Waals surface area contributed by atoms with Gasteiger partial charge in [-0.15, -0.1) is 0 Å². The first-order valence-electron chi connectivity index (χ1n) is 7.21. The summed E-state index contributed by atoms with van der Waals surface area (Å²) in [4.78, 5) is 7.13. The third-order valence-corrected chi connectivity index (χ3v) is 4.37. The van der Waals surface area contributed by atoms with Crippen LogP contribution in [0.5, 0.6) is 0 Å². The predicted molar refractivity (Wildman–Crippen MR) is 72.5 cm³/mol. The van der Waals surface area contributed by atoms with Crippen molar-refractivity contribution < 1.29 is 0 Å². The Kier molecular flexibility index (Phi) is 3.39. The molecule has 1 atom stereocenters. The van der Waals surface area contributed by atoms with Crippen LogP contribution in [0.25, 0.3) is 0 Å². The van der Waals surface area contributed by atoms with Gasteiger partial charge >= 0.3 is 0 Å². The van der Waals surface area contributed by atoms with Gasteiger partial charge in [-0.05, 0) is 32.7 Å². The fourth-order valence-electron chi connectivity index (χ4n) is 3.21. The van der Waals surface area contributed by atoms with Gasteiger partial charge in [0, 0.05) is 44.3 Å². The molecule has 1 fully saturated rings. The van der Waals surface area contributed by atoms with E-state index < -0.39 is 0 Å². The molecule has 4 nitrogen and oxygen atoms in total. The second kappa shape index (κ2) is 5.02. The molecule has 0 aliphatic carbocycles. The first kappa shape index (κ1) is 12.2. The lowest BCUT2D eigenvalue weighted by atomic mass is 10.1. The van der Waals surface area contributed by atoms with E-state index in [1.54, 1.807) is 0 Å². The molecule has 0 amide bonds. The van der Waals surface area contributed by atoms with E-state index >= 15 is 0 Å². The summed E-state index contributed by atoms with van der Waals surface area (Å²) in [6, 6.07) is 0.691. The highest BCUT2D eigenvalue weighted by molar-refractivity contribution is 5.16. The van der Waals surface area contributed by atoms with E-state index in [4.69, 9.17) is 0 Å². The zero-order valence-corrected chi connectivity index (χ0v) is 11.5. The van der Waals surface area contributed by atoms with Gasteiger partial charge in [-0.2, -0.15) is 0 Å². The Morgan fingerprint density at radius 2 is 2.39 bits per heavy atom. The van der Waals surface area contributed by atoms with Crippen molar-refractivity contribution in [3.8, 4) is 0 Å². The summed E-state index contributed by atoms with van der Waals surface area (Å²) >= 11 is 0. The highest BCUT2D eigenvalue weighted by Gasteiger charge is 2.25. The Morgan fingerprint density at radius 3 is 3.17 bits per heavy atom. The zero-order chi connectivity index (χ0) is 12.5. The molecule has 0 aromatic carbocycles. The fraction of sp³-hybridized carbons (Fsp3) is 0.786. The first-order chi connectivity index (χ1) is 8.74. The van der Waals surface area contributed by atoms with E-state index in [9.17, 15) is 0 Å². The van der Waals surface area contributed by atoms with Crippen LogP contribution in [-0.2, 0) is 19.5 Å². The highest BCUT2D eigenvalue weighted by Crippen LogP contribution is 2.22. The standard InChI is InChI=1S/C14H24N4/c1-11(2)17-6-4-12(8-17)9-18-10-16-13-7-15-5-3-14(13)18/h10-12,15H,3-9H2,1-2H3. The van der Waals surface area contributed by atoms with Crippen LogP contribution >= 0.6 is 0 Å². The topological polar surface area (TPSA) is 33.1 Å². The minimum absolute atomic E-state index is 0.691. The smallest absolute Gasteiger partial charge is 0.0952 e. The SMILES string of the molecule is CC(C)N1CCC(Cn2cnc3c2CCNC3)C1. The molecule has 1 unspecified atom stereocenters. The molecule has 0 bridgehead atoms. The number of rotatable bonds is 3. The number of hydrogen-bond donors (Lipinski definition) is 1. The predicted octanol–water partition coefficient (Wildman–Crippen LogP) is 1.26. The van der Waals surface area contributed by atoms with E-state index in [0.29, 0.717) is 6.04 Å². The van der Waals surface area contributed by atoms with Crippen molar-refractivity contribution in [2.45, 2.75) is 45.8 Å². The van der Waals surface area contributed by atoms with E-state index in [-0.39, 0.29) is 0 Å². The monoisotopic (exact) mass is 248 g/mol. The number of hydrogen-bond acceptors (Lipinski definition) is 3. The summed E-state index contributed by atoms with van der Waals surface area (Å²) in [6.45, 7) is 10.3. The van der Waals surface area contributed by atoms with Gasteiger partial charge in [-0.3, -0.25) is 0 Å². The molecule has 3 rings (SSSR count). The molecule has 100 valence electrons. The molecule has 2 aliphatic heterocycles. The molecule has 1 aromatic heterocycles. The van der Waals surface area contributed by atoms with Gasteiger partial charge in [0.1, 0.15) is 0 Å². The third-order valence-electron chi connectivity index (χ3n) is 4.37. The second-order valence-electron chi connectivity index (χ2n) is 5.96. The van der Waals surface area contributed by atoms with Crippen LogP contribution in [0.4, 0.5) is 0 Å². The largest absolute Gasteiger partial charge is 0.334 e. The average molecular weight is 248 g/mol. The minimum Gasteiger partial charge on any atom is -0.334 e. The molecular formula is C14H24N4. The second-order valence-corrected chi connectivity index (χ2v) is 5.96. The summed E-state index contributed by atoms with van der Waals surface area (Å²) in [5, 5.41) is 3.39. The lowest BCUT2D eigenvalue weighted by Crippen LogP contribution is -2.29. The van der Waals surface area contributed by atoms with Crippen LogP contribution < -0.4 is 5.32 Å². The van der Waals surface area contributed by atoms with E-state index in [0.717, 1.165) is 32.0 Å². The molecular weight excluding hydrogens is 224 g/mol.